The average molecular weight is 540 g/mol. The van der Waals surface area contributed by atoms with E-state index in [1.807, 2.05) is 32.0 Å². The summed E-state index contributed by atoms with van der Waals surface area (Å²) in [5, 5.41) is 5.48. The smallest absolute Gasteiger partial charge is 0.256 e. The van der Waals surface area contributed by atoms with Crippen LogP contribution in [0.25, 0.3) is 0 Å². The van der Waals surface area contributed by atoms with Crippen LogP contribution in [0.2, 0.25) is 0 Å². The SMILES string of the molecule is CC.CCCc1cccc(N(C=O)c2c(C(=O)NC)c(Nc3ccc(C)cc3F)n(C)c(=O)c2C)c1.NC=O. The molecule has 0 aliphatic carbocycles. The van der Waals surface area contributed by atoms with Gasteiger partial charge in [-0.25, -0.2) is 4.39 Å². The van der Waals surface area contributed by atoms with Crippen molar-refractivity contribution in [3.63, 3.8) is 0 Å². The van der Waals surface area contributed by atoms with E-state index in [9.17, 15) is 18.8 Å². The lowest BCUT2D eigenvalue weighted by Gasteiger charge is -2.26. The number of aromatic nitrogens is 1. The zero-order valence-electron chi connectivity index (χ0n) is 23.6. The molecule has 0 aliphatic rings. The number of nitrogens with zero attached hydrogens (tertiary/aromatic N) is 2. The van der Waals surface area contributed by atoms with E-state index in [2.05, 4.69) is 23.3 Å². The van der Waals surface area contributed by atoms with E-state index in [-0.39, 0.29) is 34.7 Å². The van der Waals surface area contributed by atoms with E-state index in [0.717, 1.165) is 24.0 Å². The van der Waals surface area contributed by atoms with Gasteiger partial charge in [0.2, 0.25) is 12.8 Å². The van der Waals surface area contributed by atoms with Gasteiger partial charge in [-0.3, -0.25) is 28.6 Å². The van der Waals surface area contributed by atoms with Crippen LogP contribution in [0, 0.1) is 19.7 Å². The predicted molar refractivity (Wildman–Crippen MR) is 154 cm³/mol. The summed E-state index contributed by atoms with van der Waals surface area (Å²) >= 11 is 0. The van der Waals surface area contributed by atoms with Gasteiger partial charge in [-0.15, -0.1) is 0 Å². The average Bonchev–Trinajstić information content (AvgIpc) is 2.93. The minimum absolute atomic E-state index is 0.0510. The second-order valence-electron chi connectivity index (χ2n) is 8.28. The molecule has 210 valence electrons. The molecule has 1 aromatic heterocycles. The minimum Gasteiger partial charge on any atom is -0.372 e. The Kier molecular flexibility index (Phi) is 13.1. The molecule has 39 heavy (non-hydrogen) atoms. The monoisotopic (exact) mass is 539 g/mol. The molecule has 0 atom stereocenters. The molecule has 3 amide bonds. The lowest BCUT2D eigenvalue weighted by Crippen LogP contribution is -2.33. The Labute approximate surface area is 228 Å². The standard InChI is InChI=1S/C26H29FN4O3.C2H6.CH3NO/c1-6-8-18-9-7-10-19(14-18)31(15-32)23-17(3)26(34)30(5)24(22(23)25(33)28-4)29-21-12-11-16(2)13-20(21)27;1-2;2-1-3/h7,9-15,29H,6,8H2,1-5H3,(H,28,33);1-2H3;1H,(H2,2,3). The number of carbonyl (C=O) groups is 3. The number of carbonyl (C=O) groups excluding carboxylic acids is 3. The van der Waals surface area contributed by atoms with Gasteiger partial charge in [0.1, 0.15) is 17.2 Å². The first-order valence-electron chi connectivity index (χ1n) is 12.6. The van der Waals surface area contributed by atoms with Crippen molar-refractivity contribution in [1.29, 1.82) is 0 Å². The summed E-state index contributed by atoms with van der Waals surface area (Å²) in [6, 6.07) is 12.0. The summed E-state index contributed by atoms with van der Waals surface area (Å²) in [4.78, 5) is 48.5. The number of benzene rings is 2. The Bertz CT molecular complexity index is 1350. The second-order valence-corrected chi connectivity index (χ2v) is 8.28. The molecule has 0 bridgehead atoms. The molecule has 0 saturated carbocycles. The van der Waals surface area contributed by atoms with Crippen molar-refractivity contribution < 1.29 is 18.8 Å². The summed E-state index contributed by atoms with van der Waals surface area (Å²) in [5.74, 6) is -0.985. The fourth-order valence-corrected chi connectivity index (χ4v) is 3.95. The molecule has 4 N–H and O–H groups in total. The lowest BCUT2D eigenvalue weighted by molar-refractivity contribution is -0.107. The largest absolute Gasteiger partial charge is 0.372 e. The zero-order chi connectivity index (χ0) is 29.7. The van der Waals surface area contributed by atoms with Crippen LogP contribution in [0.5, 0.6) is 0 Å². The maximum Gasteiger partial charge on any atom is 0.256 e. The summed E-state index contributed by atoms with van der Waals surface area (Å²) < 4.78 is 15.9. The zero-order valence-corrected chi connectivity index (χ0v) is 23.6. The number of rotatable bonds is 8. The van der Waals surface area contributed by atoms with Crippen LogP contribution in [0.15, 0.2) is 47.3 Å². The van der Waals surface area contributed by atoms with Gasteiger partial charge >= 0.3 is 0 Å². The highest BCUT2D eigenvalue weighted by molar-refractivity contribution is 6.08. The molecular formula is C29H38FN5O4. The minimum atomic E-state index is -0.531. The topological polar surface area (TPSA) is 127 Å². The molecule has 3 aromatic rings. The molecule has 0 aliphatic heterocycles. The second kappa shape index (κ2) is 15.7. The number of nitrogens with one attached hydrogen (secondary N) is 2. The summed E-state index contributed by atoms with van der Waals surface area (Å²) in [7, 11) is 2.95. The fourth-order valence-electron chi connectivity index (χ4n) is 3.95. The quantitative estimate of drug-likeness (QED) is 0.360. The van der Waals surface area contributed by atoms with Gasteiger partial charge in [0.15, 0.2) is 0 Å². The highest BCUT2D eigenvalue weighted by Crippen LogP contribution is 2.35. The van der Waals surface area contributed by atoms with Crippen LogP contribution in [0.1, 0.15) is 54.2 Å². The number of aryl methyl sites for hydroxylation is 2. The van der Waals surface area contributed by atoms with Crippen molar-refractivity contribution in [2.45, 2.75) is 47.5 Å². The number of halogens is 1. The summed E-state index contributed by atoms with van der Waals surface area (Å²) in [5.41, 5.74) is 6.52. The van der Waals surface area contributed by atoms with E-state index in [1.165, 1.54) is 35.7 Å². The van der Waals surface area contributed by atoms with Crippen molar-refractivity contribution in [2.75, 3.05) is 17.3 Å². The van der Waals surface area contributed by atoms with Gasteiger partial charge in [-0.2, -0.15) is 0 Å². The van der Waals surface area contributed by atoms with Crippen molar-refractivity contribution in [2.24, 2.45) is 12.8 Å². The normalized spacial score (nSPS) is 9.74. The molecule has 9 nitrogen and oxygen atoms in total. The van der Waals surface area contributed by atoms with E-state index in [4.69, 9.17) is 4.79 Å². The number of pyridine rings is 1. The fraction of sp³-hybridized carbons (Fsp3) is 0.310. The number of nitrogens with two attached hydrogens (primary N) is 1. The molecule has 10 heteroatoms. The number of hydrogen-bond donors (Lipinski definition) is 3. The van der Waals surface area contributed by atoms with Gasteiger partial charge in [0.25, 0.3) is 11.5 Å². The third kappa shape index (κ3) is 7.76. The number of hydrogen-bond acceptors (Lipinski definition) is 5. The van der Waals surface area contributed by atoms with Crippen LogP contribution in [-0.2, 0) is 23.1 Å². The van der Waals surface area contributed by atoms with E-state index < -0.39 is 17.3 Å². The van der Waals surface area contributed by atoms with Crippen LogP contribution in [-0.4, -0.2) is 30.3 Å². The predicted octanol–water partition coefficient (Wildman–Crippen LogP) is 4.62. The van der Waals surface area contributed by atoms with Gasteiger partial charge in [-0.1, -0.05) is 45.4 Å². The molecular weight excluding hydrogens is 501 g/mol. The molecule has 1 heterocycles. The molecule has 0 saturated heterocycles. The first kappa shape index (κ1) is 32.6. The van der Waals surface area contributed by atoms with Crippen LogP contribution in [0.4, 0.5) is 27.3 Å². The Morgan fingerprint density at radius 3 is 2.31 bits per heavy atom. The first-order valence-corrected chi connectivity index (χ1v) is 12.6. The van der Waals surface area contributed by atoms with Crippen molar-refractivity contribution in [3.05, 3.63) is 80.9 Å². The number of amides is 3. The highest BCUT2D eigenvalue weighted by Gasteiger charge is 2.28. The van der Waals surface area contributed by atoms with Gasteiger partial charge < -0.3 is 16.4 Å². The van der Waals surface area contributed by atoms with Crippen LogP contribution in [0.3, 0.4) is 0 Å². The Morgan fingerprint density at radius 1 is 1.13 bits per heavy atom. The lowest BCUT2D eigenvalue weighted by atomic mass is 10.0. The Hall–Kier alpha value is -4.47. The molecule has 0 radical (unpaired) electrons. The molecule has 3 rings (SSSR count). The third-order valence-electron chi connectivity index (χ3n) is 5.70. The van der Waals surface area contributed by atoms with Crippen molar-refractivity contribution in [1.82, 2.24) is 9.88 Å². The molecule has 0 fully saturated rings. The van der Waals surface area contributed by atoms with E-state index in [0.29, 0.717) is 12.1 Å². The van der Waals surface area contributed by atoms with Crippen LogP contribution < -0.4 is 26.8 Å². The maximum absolute atomic E-state index is 14.7. The summed E-state index contributed by atoms with van der Waals surface area (Å²) in [6.45, 7) is 9.38. The Balaban J connectivity index is 0.00000142. The third-order valence-corrected chi connectivity index (χ3v) is 5.70. The highest BCUT2D eigenvalue weighted by atomic mass is 19.1. The molecule has 0 unspecified atom stereocenters. The first-order chi connectivity index (χ1) is 18.6. The molecule has 2 aromatic carbocycles. The van der Waals surface area contributed by atoms with Crippen molar-refractivity contribution in [3.8, 4) is 0 Å². The van der Waals surface area contributed by atoms with Gasteiger partial charge in [0.05, 0.1) is 11.4 Å². The van der Waals surface area contributed by atoms with Gasteiger partial charge in [-0.05, 0) is 55.7 Å². The van der Waals surface area contributed by atoms with Crippen LogP contribution >= 0.6 is 0 Å². The summed E-state index contributed by atoms with van der Waals surface area (Å²) in [6.07, 6.45) is 2.57. The number of anilines is 4. The van der Waals surface area contributed by atoms with Gasteiger partial charge in [0, 0.05) is 25.3 Å². The maximum atomic E-state index is 14.7. The van der Waals surface area contributed by atoms with E-state index in [1.54, 1.807) is 26.0 Å². The van der Waals surface area contributed by atoms with E-state index >= 15 is 0 Å². The Morgan fingerprint density at radius 2 is 1.77 bits per heavy atom. The number of primary amides is 1. The molecule has 0 spiro atoms. The van der Waals surface area contributed by atoms with Crippen molar-refractivity contribution >= 4 is 41.6 Å².